The van der Waals surface area contributed by atoms with E-state index in [1.807, 2.05) is 0 Å². The fraction of sp³-hybridized carbons (Fsp3) is 0.333. The van der Waals surface area contributed by atoms with E-state index in [0.29, 0.717) is 5.92 Å². The summed E-state index contributed by atoms with van der Waals surface area (Å²) >= 11 is 0. The van der Waals surface area contributed by atoms with Crippen LogP contribution in [0.2, 0.25) is 0 Å². The molecule has 2 nitrogen and oxygen atoms in total. The molecule has 1 unspecified atom stereocenters. The van der Waals surface area contributed by atoms with E-state index in [0.717, 1.165) is 13.1 Å². The van der Waals surface area contributed by atoms with E-state index in [9.17, 15) is 0 Å². The highest BCUT2D eigenvalue weighted by atomic mass is 15.1. The summed E-state index contributed by atoms with van der Waals surface area (Å²) < 4.78 is 0. The fourth-order valence-electron chi connectivity index (χ4n) is 3.04. The van der Waals surface area contributed by atoms with Crippen molar-refractivity contribution < 1.29 is 0 Å². The Hall–Kier alpha value is -1.96. The second-order valence-corrected chi connectivity index (χ2v) is 5.72. The molecule has 2 aromatic carbocycles. The lowest BCUT2D eigenvalue weighted by atomic mass is 9.90. The third-order valence-electron chi connectivity index (χ3n) is 4.15. The molecule has 0 amide bonds. The molecule has 104 valence electrons. The van der Waals surface area contributed by atoms with Crippen molar-refractivity contribution in [3.05, 3.63) is 59.7 Å². The number of para-hydroxylation sites is 1. The topological polar surface area (TPSA) is 15.3 Å². The van der Waals surface area contributed by atoms with Crippen LogP contribution in [-0.2, 0) is 0 Å². The lowest BCUT2D eigenvalue weighted by Gasteiger charge is -2.31. The minimum Gasteiger partial charge on any atom is -0.385 e. The molecule has 2 heteroatoms. The summed E-state index contributed by atoms with van der Waals surface area (Å²) in [7, 11) is 2.19. The first-order valence-corrected chi connectivity index (χ1v) is 7.34. The molecule has 0 spiro atoms. The molecule has 1 aliphatic heterocycles. The van der Waals surface area contributed by atoms with Crippen LogP contribution in [0.25, 0.3) is 0 Å². The van der Waals surface area contributed by atoms with Gasteiger partial charge in [0.15, 0.2) is 0 Å². The Morgan fingerprint density at radius 1 is 1.15 bits per heavy atom. The largest absolute Gasteiger partial charge is 0.385 e. The molecule has 1 heterocycles. The predicted octanol–water partition coefficient (Wildman–Crippen LogP) is 4.03. The van der Waals surface area contributed by atoms with E-state index < -0.39 is 0 Å². The fourth-order valence-corrected chi connectivity index (χ4v) is 3.04. The van der Waals surface area contributed by atoms with Gasteiger partial charge in [-0.3, -0.25) is 0 Å². The van der Waals surface area contributed by atoms with E-state index >= 15 is 0 Å². The maximum atomic E-state index is 3.50. The summed E-state index contributed by atoms with van der Waals surface area (Å²) in [5.41, 5.74) is 5.39. The van der Waals surface area contributed by atoms with Crippen molar-refractivity contribution in [1.29, 1.82) is 0 Å². The van der Waals surface area contributed by atoms with Crippen LogP contribution in [0.15, 0.2) is 48.5 Å². The molecule has 3 rings (SSSR count). The second-order valence-electron chi connectivity index (χ2n) is 5.72. The van der Waals surface area contributed by atoms with Crippen LogP contribution in [0.3, 0.4) is 0 Å². The van der Waals surface area contributed by atoms with Gasteiger partial charge in [-0.15, -0.1) is 0 Å². The number of rotatable bonds is 3. The Morgan fingerprint density at radius 3 is 2.85 bits per heavy atom. The van der Waals surface area contributed by atoms with Gasteiger partial charge < -0.3 is 10.2 Å². The van der Waals surface area contributed by atoms with Crippen molar-refractivity contribution in [2.75, 3.05) is 30.4 Å². The van der Waals surface area contributed by atoms with Gasteiger partial charge in [-0.1, -0.05) is 30.3 Å². The normalized spacial score (nSPS) is 17.2. The van der Waals surface area contributed by atoms with Crippen molar-refractivity contribution in [3.63, 3.8) is 0 Å². The van der Waals surface area contributed by atoms with Crippen LogP contribution >= 0.6 is 0 Å². The van der Waals surface area contributed by atoms with E-state index in [-0.39, 0.29) is 0 Å². The molecular formula is C18H22N2. The number of aryl methyl sites for hydroxylation is 1. The van der Waals surface area contributed by atoms with Gasteiger partial charge in [-0.2, -0.15) is 0 Å². The summed E-state index contributed by atoms with van der Waals surface area (Å²) in [5.74, 6) is 0.609. The van der Waals surface area contributed by atoms with Gasteiger partial charge >= 0.3 is 0 Å². The zero-order valence-electron chi connectivity index (χ0n) is 12.3. The Balaban J connectivity index is 1.79. The molecule has 0 aromatic heterocycles. The number of anilines is 2. The zero-order valence-corrected chi connectivity index (χ0v) is 12.3. The summed E-state index contributed by atoms with van der Waals surface area (Å²) in [6.45, 7) is 4.29. The van der Waals surface area contributed by atoms with Gasteiger partial charge in [-0.05, 0) is 42.7 Å². The Kier molecular flexibility index (Phi) is 3.64. The highest BCUT2D eigenvalue weighted by molar-refractivity contribution is 5.56. The number of hydrogen-bond acceptors (Lipinski definition) is 2. The van der Waals surface area contributed by atoms with Gasteiger partial charge in [-0.25, -0.2) is 0 Å². The standard InChI is InChI=1S/C18H22N2/c1-14-6-5-7-16(12-14)20(2)13-15-10-11-19-18-9-4-3-8-17(15)18/h3-9,12,15,19H,10-11,13H2,1-2H3. The van der Waals surface area contributed by atoms with Crippen molar-refractivity contribution in [2.24, 2.45) is 0 Å². The third-order valence-corrected chi connectivity index (χ3v) is 4.15. The number of fused-ring (bicyclic) bond motifs is 1. The maximum Gasteiger partial charge on any atom is 0.0376 e. The number of nitrogens with zero attached hydrogens (tertiary/aromatic N) is 1. The highest BCUT2D eigenvalue weighted by Gasteiger charge is 2.20. The van der Waals surface area contributed by atoms with Gasteiger partial charge in [0.2, 0.25) is 0 Å². The lowest BCUT2D eigenvalue weighted by molar-refractivity contribution is 0.619. The van der Waals surface area contributed by atoms with Gasteiger partial charge in [0.05, 0.1) is 0 Å². The summed E-state index contributed by atoms with van der Waals surface area (Å²) in [6, 6.07) is 17.4. The highest BCUT2D eigenvalue weighted by Crippen LogP contribution is 2.32. The average molecular weight is 266 g/mol. The SMILES string of the molecule is Cc1cccc(N(C)CC2CCNc3ccccc32)c1. The molecule has 0 fully saturated rings. The minimum absolute atomic E-state index is 0.609. The molecule has 2 aromatic rings. The molecular weight excluding hydrogens is 244 g/mol. The van der Waals surface area contributed by atoms with Crippen LogP contribution < -0.4 is 10.2 Å². The molecule has 0 aliphatic carbocycles. The number of nitrogens with one attached hydrogen (secondary N) is 1. The van der Waals surface area contributed by atoms with Gasteiger partial charge in [0, 0.05) is 37.4 Å². The number of likely N-dealkylation sites (N-methyl/N-ethyl adjacent to an activating group) is 1. The van der Waals surface area contributed by atoms with Crippen LogP contribution in [0.1, 0.15) is 23.5 Å². The molecule has 1 aliphatic rings. The number of hydrogen-bond donors (Lipinski definition) is 1. The molecule has 1 atom stereocenters. The van der Waals surface area contributed by atoms with Crippen LogP contribution in [0.4, 0.5) is 11.4 Å². The van der Waals surface area contributed by atoms with Crippen molar-refractivity contribution >= 4 is 11.4 Å². The predicted molar refractivity (Wildman–Crippen MR) is 86.7 cm³/mol. The van der Waals surface area contributed by atoms with Crippen LogP contribution in [0.5, 0.6) is 0 Å². The minimum atomic E-state index is 0.609. The monoisotopic (exact) mass is 266 g/mol. The Bertz CT molecular complexity index is 591. The summed E-state index contributed by atoms with van der Waals surface area (Å²) in [5, 5.41) is 3.50. The molecule has 0 saturated carbocycles. The van der Waals surface area contributed by atoms with E-state index in [1.54, 1.807) is 0 Å². The summed E-state index contributed by atoms with van der Waals surface area (Å²) in [4.78, 5) is 2.37. The molecule has 0 saturated heterocycles. The quantitative estimate of drug-likeness (QED) is 0.902. The third kappa shape index (κ3) is 2.64. The van der Waals surface area contributed by atoms with E-state index in [2.05, 4.69) is 72.7 Å². The van der Waals surface area contributed by atoms with Gasteiger partial charge in [0.25, 0.3) is 0 Å². The van der Waals surface area contributed by atoms with Crippen LogP contribution in [-0.4, -0.2) is 20.1 Å². The molecule has 0 bridgehead atoms. The second kappa shape index (κ2) is 5.58. The van der Waals surface area contributed by atoms with Crippen molar-refractivity contribution in [1.82, 2.24) is 0 Å². The molecule has 1 N–H and O–H groups in total. The smallest absolute Gasteiger partial charge is 0.0376 e. The first kappa shape index (κ1) is 13.0. The maximum absolute atomic E-state index is 3.50. The molecule has 0 radical (unpaired) electrons. The molecule has 20 heavy (non-hydrogen) atoms. The van der Waals surface area contributed by atoms with E-state index in [1.165, 1.54) is 28.9 Å². The lowest BCUT2D eigenvalue weighted by Crippen LogP contribution is -2.28. The zero-order chi connectivity index (χ0) is 13.9. The Morgan fingerprint density at radius 2 is 2.00 bits per heavy atom. The van der Waals surface area contributed by atoms with Crippen LogP contribution in [0, 0.1) is 6.92 Å². The number of benzene rings is 2. The van der Waals surface area contributed by atoms with E-state index in [4.69, 9.17) is 0 Å². The average Bonchev–Trinajstić information content (AvgIpc) is 2.47. The van der Waals surface area contributed by atoms with Gasteiger partial charge in [0.1, 0.15) is 0 Å². The first-order valence-electron chi connectivity index (χ1n) is 7.34. The van der Waals surface area contributed by atoms with Crippen molar-refractivity contribution in [2.45, 2.75) is 19.3 Å². The van der Waals surface area contributed by atoms with Crippen molar-refractivity contribution in [3.8, 4) is 0 Å². The summed E-state index contributed by atoms with van der Waals surface area (Å²) in [6.07, 6.45) is 1.20. The Labute approximate surface area is 121 Å². The first-order chi connectivity index (χ1) is 9.74.